The minimum absolute atomic E-state index is 0.00245. The quantitative estimate of drug-likeness (QED) is 0.579. The van der Waals surface area contributed by atoms with Gasteiger partial charge in [0.2, 0.25) is 0 Å². The van der Waals surface area contributed by atoms with Gasteiger partial charge in [0.15, 0.2) is 11.5 Å². The standard InChI is InChI=1S/C18H20N2O5/c1-24-16-9-12(6-7-15(16)25-11-17(21)22)8-13(10-19)18(23)20-14-4-2-3-5-14/h6-9,14H,2-5,11H2,1H3,(H,20,23)(H,21,22)/p-1/b13-8+. The fourth-order valence-corrected chi connectivity index (χ4v) is 2.68. The molecule has 0 bridgehead atoms. The molecule has 1 N–H and O–H groups in total. The van der Waals surface area contributed by atoms with E-state index in [1.54, 1.807) is 12.1 Å². The number of hydrogen-bond acceptors (Lipinski definition) is 6. The Morgan fingerprint density at radius 3 is 2.68 bits per heavy atom. The van der Waals surface area contributed by atoms with Crippen molar-refractivity contribution < 1.29 is 24.2 Å². The lowest BCUT2D eigenvalue weighted by atomic mass is 10.1. The number of hydrogen-bond donors (Lipinski definition) is 1. The van der Waals surface area contributed by atoms with Crippen LogP contribution >= 0.6 is 0 Å². The van der Waals surface area contributed by atoms with Gasteiger partial charge < -0.3 is 24.7 Å². The van der Waals surface area contributed by atoms with E-state index < -0.39 is 18.5 Å². The Morgan fingerprint density at radius 1 is 1.36 bits per heavy atom. The molecule has 0 aliphatic heterocycles. The summed E-state index contributed by atoms with van der Waals surface area (Å²) in [5, 5.41) is 22.6. The second kappa shape index (κ2) is 8.73. The molecular formula is C18H19N2O5-. The van der Waals surface area contributed by atoms with Gasteiger partial charge in [0.1, 0.15) is 18.2 Å². The fraction of sp³-hybridized carbons (Fsp3) is 0.389. The molecule has 0 aromatic heterocycles. The third-order valence-electron chi connectivity index (χ3n) is 3.90. The van der Waals surface area contributed by atoms with Gasteiger partial charge >= 0.3 is 0 Å². The zero-order valence-corrected chi connectivity index (χ0v) is 13.9. The average Bonchev–Trinajstić information content (AvgIpc) is 3.10. The molecule has 0 heterocycles. The summed E-state index contributed by atoms with van der Waals surface area (Å²) in [5.74, 6) is -1.21. The topological polar surface area (TPSA) is 111 Å². The summed E-state index contributed by atoms with van der Waals surface area (Å²) in [7, 11) is 1.41. The first-order valence-corrected chi connectivity index (χ1v) is 7.97. The van der Waals surface area contributed by atoms with E-state index >= 15 is 0 Å². The van der Waals surface area contributed by atoms with E-state index in [2.05, 4.69) is 5.32 Å². The molecule has 1 fully saturated rings. The van der Waals surface area contributed by atoms with Gasteiger partial charge in [-0.15, -0.1) is 0 Å². The first-order chi connectivity index (χ1) is 12.0. The number of ether oxygens (including phenoxy) is 2. The minimum atomic E-state index is -1.35. The van der Waals surface area contributed by atoms with E-state index in [0.717, 1.165) is 25.7 Å². The van der Waals surface area contributed by atoms with E-state index in [1.165, 1.54) is 19.3 Å². The van der Waals surface area contributed by atoms with Crippen LogP contribution in [0.2, 0.25) is 0 Å². The Morgan fingerprint density at radius 2 is 2.08 bits per heavy atom. The number of nitrogens with zero attached hydrogens (tertiary/aromatic N) is 1. The summed E-state index contributed by atoms with van der Waals surface area (Å²) in [5.41, 5.74) is 0.563. The van der Waals surface area contributed by atoms with Crippen molar-refractivity contribution in [2.45, 2.75) is 31.7 Å². The van der Waals surface area contributed by atoms with E-state index in [9.17, 15) is 20.0 Å². The number of amides is 1. The molecule has 25 heavy (non-hydrogen) atoms. The van der Waals surface area contributed by atoms with Crippen LogP contribution in [0.5, 0.6) is 11.5 Å². The van der Waals surface area contributed by atoms with Crippen molar-refractivity contribution in [1.82, 2.24) is 5.32 Å². The van der Waals surface area contributed by atoms with Crippen LogP contribution in [-0.2, 0) is 9.59 Å². The molecule has 132 valence electrons. The van der Waals surface area contributed by atoms with Gasteiger partial charge in [-0.25, -0.2) is 0 Å². The van der Waals surface area contributed by atoms with Gasteiger partial charge in [0.05, 0.1) is 13.1 Å². The fourth-order valence-electron chi connectivity index (χ4n) is 2.68. The SMILES string of the molecule is COc1cc(/C=C(\C#N)C(=O)NC2CCCC2)ccc1OCC(=O)[O-]. The highest BCUT2D eigenvalue weighted by molar-refractivity contribution is 6.01. The summed E-state index contributed by atoms with van der Waals surface area (Å²) >= 11 is 0. The predicted octanol–water partition coefficient (Wildman–Crippen LogP) is 0.790. The lowest BCUT2D eigenvalue weighted by Gasteiger charge is -2.12. The summed E-state index contributed by atoms with van der Waals surface area (Å²) in [6, 6.07) is 6.71. The van der Waals surface area contributed by atoms with E-state index in [4.69, 9.17) is 9.47 Å². The number of carboxylic acid groups (broad SMARTS) is 1. The van der Waals surface area contributed by atoms with Crippen LogP contribution < -0.4 is 19.9 Å². The van der Waals surface area contributed by atoms with Crippen LogP contribution in [0.3, 0.4) is 0 Å². The van der Waals surface area contributed by atoms with Crippen molar-refractivity contribution in [3.63, 3.8) is 0 Å². The molecule has 2 rings (SSSR count). The summed E-state index contributed by atoms with van der Waals surface area (Å²) in [4.78, 5) is 22.7. The van der Waals surface area contributed by atoms with Crippen LogP contribution in [0.25, 0.3) is 6.08 Å². The minimum Gasteiger partial charge on any atom is -0.546 e. The number of benzene rings is 1. The van der Waals surface area contributed by atoms with Crippen molar-refractivity contribution in [2.24, 2.45) is 0 Å². The largest absolute Gasteiger partial charge is 0.546 e. The predicted molar refractivity (Wildman–Crippen MR) is 87.5 cm³/mol. The smallest absolute Gasteiger partial charge is 0.262 e. The third-order valence-corrected chi connectivity index (χ3v) is 3.90. The molecule has 7 heteroatoms. The van der Waals surface area contributed by atoms with Gasteiger partial charge in [0, 0.05) is 6.04 Å². The zero-order chi connectivity index (χ0) is 18.2. The number of nitrogens with one attached hydrogen (secondary N) is 1. The van der Waals surface area contributed by atoms with Gasteiger partial charge in [-0.05, 0) is 36.6 Å². The van der Waals surface area contributed by atoms with Crippen LogP contribution in [0.1, 0.15) is 31.2 Å². The van der Waals surface area contributed by atoms with Crippen molar-refractivity contribution in [3.8, 4) is 17.6 Å². The Balaban J connectivity index is 2.14. The molecule has 0 atom stereocenters. The molecule has 1 saturated carbocycles. The number of aliphatic carboxylic acids is 1. The van der Waals surface area contributed by atoms with Crippen LogP contribution in [-0.4, -0.2) is 31.6 Å². The van der Waals surface area contributed by atoms with Crippen molar-refractivity contribution >= 4 is 18.0 Å². The molecule has 1 aromatic carbocycles. The monoisotopic (exact) mass is 343 g/mol. The molecule has 1 aliphatic carbocycles. The molecule has 0 radical (unpaired) electrons. The lowest BCUT2D eigenvalue weighted by Crippen LogP contribution is -2.33. The molecule has 0 unspecified atom stereocenters. The Bertz CT molecular complexity index is 715. The van der Waals surface area contributed by atoms with Gasteiger partial charge in [-0.2, -0.15) is 5.26 Å². The first kappa shape index (κ1) is 18.3. The van der Waals surface area contributed by atoms with Gasteiger partial charge in [-0.1, -0.05) is 18.9 Å². The Hall–Kier alpha value is -3.01. The Labute approximate surface area is 145 Å². The molecule has 1 aliphatic rings. The number of rotatable bonds is 7. The summed E-state index contributed by atoms with van der Waals surface area (Å²) in [6.45, 7) is -0.598. The molecule has 7 nitrogen and oxygen atoms in total. The number of carboxylic acids is 1. The van der Waals surface area contributed by atoms with E-state index in [0.29, 0.717) is 11.3 Å². The van der Waals surface area contributed by atoms with Crippen molar-refractivity contribution in [3.05, 3.63) is 29.3 Å². The average molecular weight is 343 g/mol. The molecule has 0 spiro atoms. The number of nitriles is 1. The molecule has 1 amide bonds. The second-order valence-corrected chi connectivity index (χ2v) is 5.70. The van der Waals surface area contributed by atoms with Crippen molar-refractivity contribution in [1.29, 1.82) is 5.26 Å². The highest BCUT2D eigenvalue weighted by Gasteiger charge is 2.19. The van der Waals surface area contributed by atoms with E-state index in [-0.39, 0.29) is 17.4 Å². The maximum Gasteiger partial charge on any atom is 0.262 e. The van der Waals surface area contributed by atoms with Crippen LogP contribution in [0.4, 0.5) is 0 Å². The number of carbonyl (C=O) groups is 2. The maximum atomic E-state index is 12.2. The second-order valence-electron chi connectivity index (χ2n) is 5.70. The highest BCUT2D eigenvalue weighted by atomic mass is 16.5. The number of carbonyl (C=O) groups excluding carboxylic acids is 2. The molecular weight excluding hydrogens is 324 g/mol. The summed E-state index contributed by atoms with van der Waals surface area (Å²) in [6.07, 6.45) is 5.49. The molecule has 1 aromatic rings. The number of methoxy groups -OCH3 is 1. The first-order valence-electron chi connectivity index (χ1n) is 7.97. The lowest BCUT2D eigenvalue weighted by molar-refractivity contribution is -0.307. The van der Waals surface area contributed by atoms with Crippen LogP contribution in [0, 0.1) is 11.3 Å². The van der Waals surface area contributed by atoms with E-state index in [1.807, 2.05) is 6.07 Å². The highest BCUT2D eigenvalue weighted by Crippen LogP contribution is 2.29. The molecule has 0 saturated heterocycles. The van der Waals surface area contributed by atoms with Gasteiger partial charge in [-0.3, -0.25) is 4.79 Å². The van der Waals surface area contributed by atoms with Crippen molar-refractivity contribution in [2.75, 3.05) is 13.7 Å². The third kappa shape index (κ3) is 5.24. The normalized spacial score (nSPS) is 14.6. The Kier molecular flexibility index (Phi) is 6.40. The summed E-state index contributed by atoms with van der Waals surface area (Å²) < 4.78 is 10.2. The maximum absolute atomic E-state index is 12.2. The van der Waals surface area contributed by atoms with Crippen LogP contribution in [0.15, 0.2) is 23.8 Å². The zero-order valence-electron chi connectivity index (χ0n) is 13.9. The van der Waals surface area contributed by atoms with Gasteiger partial charge in [0.25, 0.3) is 5.91 Å².